The molecule has 0 atom stereocenters. The highest BCUT2D eigenvalue weighted by Crippen LogP contribution is 2.30. The van der Waals surface area contributed by atoms with Crippen LogP contribution in [0.1, 0.15) is 0 Å². The second kappa shape index (κ2) is 4.18. The van der Waals surface area contributed by atoms with Crippen molar-refractivity contribution in [2.75, 3.05) is 0 Å². The highest BCUT2D eigenvalue weighted by Gasteiger charge is 2.26. The zero-order chi connectivity index (χ0) is 11.8. The zero-order valence-electron chi connectivity index (χ0n) is 6.78. The molecule has 0 N–H and O–H groups in total. The van der Waals surface area contributed by atoms with Gasteiger partial charge in [-0.25, -0.2) is 12.8 Å². The average Bonchev–Trinajstić information content (AvgIpc) is 2.06. The molecule has 0 saturated carbocycles. The Balaban J connectivity index is 3.64. The van der Waals surface area contributed by atoms with Gasteiger partial charge in [0.25, 0.3) is 14.7 Å². The minimum Gasteiger partial charge on any atom is -0.258 e. The summed E-state index contributed by atoms with van der Waals surface area (Å²) < 4.78 is 34.8. The van der Waals surface area contributed by atoms with Crippen LogP contribution < -0.4 is 0 Å². The van der Waals surface area contributed by atoms with Crippen LogP contribution in [0.4, 0.5) is 10.1 Å². The molecule has 0 spiro atoms. The first-order valence-corrected chi connectivity index (χ1v) is 6.70. The topological polar surface area (TPSA) is 77.3 Å². The van der Waals surface area contributed by atoms with Gasteiger partial charge in [-0.15, -0.1) is 0 Å². The fourth-order valence-electron chi connectivity index (χ4n) is 0.856. The molecule has 0 saturated heterocycles. The Morgan fingerprint density at radius 1 is 1.47 bits per heavy atom. The Bertz CT molecular complexity index is 532. The molecule has 0 bridgehead atoms. The molecule has 0 radical (unpaired) electrons. The number of hydrogen-bond acceptors (Lipinski definition) is 4. The first-order chi connectivity index (χ1) is 6.73. The fourth-order valence-corrected chi connectivity index (χ4v) is 2.31. The minimum absolute atomic E-state index is 0.0524. The third-order valence-electron chi connectivity index (χ3n) is 1.46. The van der Waals surface area contributed by atoms with E-state index in [1.54, 1.807) is 0 Å². The van der Waals surface area contributed by atoms with Crippen molar-refractivity contribution in [1.82, 2.24) is 0 Å². The van der Waals surface area contributed by atoms with Crippen LogP contribution in [0, 0.1) is 19.5 Å². The predicted octanol–water partition coefficient (Wildman–Crippen LogP) is 2.27. The van der Waals surface area contributed by atoms with Gasteiger partial charge >= 0.3 is 0 Å². The summed E-state index contributed by atoms with van der Waals surface area (Å²) in [7, 11) is 0.600. The van der Waals surface area contributed by atoms with Gasteiger partial charge in [0.05, 0.1) is 8.49 Å². The molecule has 1 aromatic carbocycles. The molecule has 0 heterocycles. The minimum atomic E-state index is -4.33. The fraction of sp³-hybridized carbons (Fsp3) is 0. The molecule has 0 aliphatic rings. The van der Waals surface area contributed by atoms with Gasteiger partial charge in [-0.1, -0.05) is 0 Å². The van der Waals surface area contributed by atoms with Crippen molar-refractivity contribution in [3.63, 3.8) is 0 Å². The van der Waals surface area contributed by atoms with E-state index in [0.29, 0.717) is 6.07 Å². The lowest BCUT2D eigenvalue weighted by molar-refractivity contribution is -0.387. The first kappa shape index (κ1) is 12.6. The van der Waals surface area contributed by atoms with Gasteiger partial charge in [-0.3, -0.25) is 10.1 Å². The van der Waals surface area contributed by atoms with Gasteiger partial charge in [-0.2, -0.15) is 0 Å². The van der Waals surface area contributed by atoms with Crippen molar-refractivity contribution < 1.29 is 17.7 Å². The van der Waals surface area contributed by atoms with E-state index in [2.05, 4.69) is 0 Å². The smallest absolute Gasteiger partial charge is 0.258 e. The zero-order valence-corrected chi connectivity index (χ0v) is 10.5. The number of nitrogens with zero attached hydrogens (tertiary/aromatic N) is 1. The van der Waals surface area contributed by atoms with Crippen LogP contribution in [0.3, 0.4) is 0 Å². The van der Waals surface area contributed by atoms with Crippen molar-refractivity contribution in [3.05, 3.63) is 31.6 Å². The van der Waals surface area contributed by atoms with Crippen molar-refractivity contribution in [2.24, 2.45) is 0 Å². The summed E-state index contributed by atoms with van der Waals surface area (Å²) in [4.78, 5) is 8.71. The van der Waals surface area contributed by atoms with Gasteiger partial charge < -0.3 is 0 Å². The van der Waals surface area contributed by atoms with Crippen LogP contribution in [0.15, 0.2) is 17.0 Å². The highest BCUT2D eigenvalue weighted by atomic mass is 127. The Morgan fingerprint density at radius 3 is 2.40 bits per heavy atom. The maximum atomic E-state index is 13.0. The molecule has 0 aromatic heterocycles. The van der Waals surface area contributed by atoms with Gasteiger partial charge in [0.15, 0.2) is 4.90 Å². The summed E-state index contributed by atoms with van der Waals surface area (Å²) in [6.07, 6.45) is 0. The van der Waals surface area contributed by atoms with Gasteiger partial charge in [-0.05, 0) is 22.6 Å². The number of benzene rings is 1. The normalized spacial score (nSPS) is 11.4. The standard InChI is InChI=1S/C6H2ClFINO4S/c7-15(13,14)6-1-3(8)4(9)2-5(6)10(11)12/h1-2H. The molecule has 0 fully saturated rings. The van der Waals surface area contributed by atoms with E-state index >= 15 is 0 Å². The number of nitro benzene ring substituents is 1. The first-order valence-electron chi connectivity index (χ1n) is 3.31. The summed E-state index contributed by atoms with van der Waals surface area (Å²) >= 11 is 1.51. The Hall–Kier alpha value is -0.480. The largest absolute Gasteiger partial charge is 0.290 e. The molecule has 0 unspecified atom stereocenters. The summed E-state index contributed by atoms with van der Waals surface area (Å²) in [6, 6.07) is 1.34. The SMILES string of the molecule is O=[N+]([O-])c1cc(I)c(F)cc1S(=O)(=O)Cl. The summed E-state index contributed by atoms with van der Waals surface area (Å²) in [5, 5.41) is 10.5. The van der Waals surface area contributed by atoms with Gasteiger partial charge in [0, 0.05) is 22.8 Å². The van der Waals surface area contributed by atoms with E-state index in [1.165, 1.54) is 22.6 Å². The average molecular weight is 366 g/mol. The van der Waals surface area contributed by atoms with E-state index in [9.17, 15) is 22.9 Å². The Labute approximate surface area is 102 Å². The molecule has 15 heavy (non-hydrogen) atoms. The molecule has 0 amide bonds. The van der Waals surface area contributed by atoms with E-state index in [0.717, 1.165) is 6.07 Å². The maximum Gasteiger partial charge on any atom is 0.290 e. The quantitative estimate of drug-likeness (QED) is 0.349. The van der Waals surface area contributed by atoms with E-state index < -0.39 is 30.4 Å². The van der Waals surface area contributed by atoms with E-state index in [-0.39, 0.29) is 3.57 Å². The lowest BCUT2D eigenvalue weighted by atomic mass is 10.3. The van der Waals surface area contributed by atoms with Crippen LogP contribution >= 0.6 is 33.3 Å². The Kier molecular flexibility index (Phi) is 3.51. The van der Waals surface area contributed by atoms with Crippen molar-refractivity contribution in [1.29, 1.82) is 0 Å². The number of nitro groups is 1. The van der Waals surface area contributed by atoms with Gasteiger partial charge in [0.1, 0.15) is 5.82 Å². The molecular weight excluding hydrogens is 363 g/mol. The third kappa shape index (κ3) is 2.75. The summed E-state index contributed by atoms with van der Waals surface area (Å²) in [5.74, 6) is -0.875. The van der Waals surface area contributed by atoms with Gasteiger partial charge in [0.2, 0.25) is 0 Å². The Morgan fingerprint density at radius 2 is 2.00 bits per heavy atom. The van der Waals surface area contributed by atoms with Crippen LogP contribution in [-0.2, 0) is 9.05 Å². The molecule has 9 heteroatoms. The molecule has 82 valence electrons. The molecule has 0 aliphatic heterocycles. The van der Waals surface area contributed by atoms with Crippen LogP contribution in [0.25, 0.3) is 0 Å². The second-order valence-electron chi connectivity index (χ2n) is 2.43. The van der Waals surface area contributed by atoms with Crippen LogP contribution in [-0.4, -0.2) is 13.3 Å². The molecule has 0 aliphatic carbocycles. The second-order valence-corrected chi connectivity index (χ2v) is 6.13. The van der Waals surface area contributed by atoms with Crippen molar-refractivity contribution in [2.45, 2.75) is 4.90 Å². The number of hydrogen-bond donors (Lipinski definition) is 0. The highest BCUT2D eigenvalue weighted by molar-refractivity contribution is 14.1. The lowest BCUT2D eigenvalue weighted by Crippen LogP contribution is -2.01. The molecule has 1 rings (SSSR count). The predicted molar refractivity (Wildman–Crippen MR) is 58.8 cm³/mol. The van der Waals surface area contributed by atoms with Crippen LogP contribution in [0.5, 0.6) is 0 Å². The maximum absolute atomic E-state index is 13.0. The molecular formula is C6H2ClFINO4S. The van der Waals surface area contributed by atoms with Crippen LogP contribution in [0.2, 0.25) is 0 Å². The number of rotatable bonds is 2. The summed E-state index contributed by atoms with van der Waals surface area (Å²) in [6.45, 7) is 0. The van der Waals surface area contributed by atoms with E-state index in [4.69, 9.17) is 10.7 Å². The van der Waals surface area contributed by atoms with Crippen molar-refractivity contribution >= 4 is 48.0 Å². The molecule has 1 aromatic rings. The molecule has 5 nitrogen and oxygen atoms in total. The third-order valence-corrected chi connectivity index (χ3v) is 3.64. The lowest BCUT2D eigenvalue weighted by Gasteiger charge is -2.00. The monoisotopic (exact) mass is 365 g/mol. The van der Waals surface area contributed by atoms with Crippen molar-refractivity contribution in [3.8, 4) is 0 Å². The number of halogens is 3. The summed E-state index contributed by atoms with van der Waals surface area (Å²) in [5.41, 5.74) is -0.740. The van der Waals surface area contributed by atoms with E-state index in [1.807, 2.05) is 0 Å².